The minimum Gasteiger partial charge on any atom is -0.493 e. The van der Waals surface area contributed by atoms with Crippen LogP contribution in [-0.4, -0.2) is 12.8 Å². The van der Waals surface area contributed by atoms with Gasteiger partial charge in [-0.3, -0.25) is 0 Å². The Labute approximate surface area is 103 Å². The number of fused-ring (bicyclic) bond motifs is 1. The summed E-state index contributed by atoms with van der Waals surface area (Å²) >= 11 is 0. The van der Waals surface area contributed by atoms with Gasteiger partial charge in [-0.25, -0.2) is 0 Å². The number of hydrogen-bond donors (Lipinski definition) is 1. The molecule has 96 valence electrons. The monoisotopic (exact) mass is 267 g/mol. The predicted molar refractivity (Wildman–Crippen MR) is 60.5 cm³/mol. The van der Waals surface area contributed by atoms with Gasteiger partial charge in [-0.05, 0) is 17.2 Å². The van der Waals surface area contributed by atoms with Crippen molar-refractivity contribution in [3.8, 4) is 5.75 Å². The molecule has 0 radical (unpaired) electrons. The van der Waals surface area contributed by atoms with Crippen molar-refractivity contribution in [3.05, 3.63) is 29.3 Å². The summed E-state index contributed by atoms with van der Waals surface area (Å²) < 4.78 is 41.8. The van der Waals surface area contributed by atoms with E-state index in [2.05, 4.69) is 0 Å². The molecule has 1 aromatic carbocycles. The molecular formula is C11H13ClF3NO. The summed E-state index contributed by atoms with van der Waals surface area (Å²) in [4.78, 5) is 0. The van der Waals surface area contributed by atoms with Crippen molar-refractivity contribution < 1.29 is 17.9 Å². The molecular weight excluding hydrogens is 255 g/mol. The summed E-state index contributed by atoms with van der Waals surface area (Å²) in [5.74, 6) is 0.753. The molecule has 2 N–H and O–H groups in total. The molecule has 17 heavy (non-hydrogen) atoms. The van der Waals surface area contributed by atoms with Crippen molar-refractivity contribution in [2.45, 2.75) is 25.1 Å². The fourth-order valence-electron chi connectivity index (χ4n) is 1.80. The van der Waals surface area contributed by atoms with Gasteiger partial charge in [0, 0.05) is 12.5 Å². The van der Waals surface area contributed by atoms with Crippen LogP contribution in [0.2, 0.25) is 0 Å². The minimum absolute atomic E-state index is 0. The number of ether oxygens (including phenoxy) is 1. The van der Waals surface area contributed by atoms with Crippen LogP contribution >= 0.6 is 12.4 Å². The third kappa shape index (κ3) is 3.51. The van der Waals surface area contributed by atoms with Crippen LogP contribution < -0.4 is 10.5 Å². The summed E-state index contributed by atoms with van der Waals surface area (Å²) in [5, 5.41) is 0. The minimum atomic E-state index is -4.23. The smallest absolute Gasteiger partial charge is 0.390 e. The molecule has 0 bridgehead atoms. The van der Waals surface area contributed by atoms with Crippen molar-refractivity contribution >= 4 is 12.4 Å². The summed E-state index contributed by atoms with van der Waals surface area (Å²) in [7, 11) is 0. The molecule has 1 heterocycles. The van der Waals surface area contributed by atoms with E-state index in [0.717, 1.165) is 17.7 Å². The molecule has 6 heteroatoms. The van der Waals surface area contributed by atoms with E-state index in [0.29, 0.717) is 12.2 Å². The second-order valence-corrected chi connectivity index (χ2v) is 3.89. The van der Waals surface area contributed by atoms with E-state index in [9.17, 15) is 13.2 Å². The van der Waals surface area contributed by atoms with Crippen molar-refractivity contribution in [2.75, 3.05) is 6.61 Å². The lowest BCUT2D eigenvalue weighted by Gasteiger charge is -2.15. The van der Waals surface area contributed by atoms with Gasteiger partial charge in [0.15, 0.2) is 0 Å². The second-order valence-electron chi connectivity index (χ2n) is 3.89. The number of hydrogen-bond acceptors (Lipinski definition) is 2. The lowest BCUT2D eigenvalue weighted by atomic mass is 10.0. The van der Waals surface area contributed by atoms with Crippen LogP contribution in [0.3, 0.4) is 0 Å². The van der Waals surface area contributed by atoms with Crippen LogP contribution in [0, 0.1) is 0 Å². The first-order chi connectivity index (χ1) is 7.46. The highest BCUT2D eigenvalue weighted by Crippen LogP contribution is 2.32. The summed E-state index contributed by atoms with van der Waals surface area (Å²) in [6, 6.07) is 4.00. The molecule has 2 rings (SSSR count). The SMILES string of the molecule is Cl.N[C@H](CC(F)(F)F)c1ccc2c(c1)CCO2. The Balaban J connectivity index is 0.00000144. The Morgan fingerprint density at radius 1 is 1.35 bits per heavy atom. The van der Waals surface area contributed by atoms with Crippen LogP contribution in [0.25, 0.3) is 0 Å². The average Bonchev–Trinajstić information content (AvgIpc) is 2.61. The molecule has 0 saturated heterocycles. The molecule has 2 nitrogen and oxygen atoms in total. The third-order valence-corrected chi connectivity index (χ3v) is 2.59. The molecule has 0 saturated carbocycles. The summed E-state index contributed by atoms with van der Waals surface area (Å²) in [6.45, 7) is 0.591. The maximum absolute atomic E-state index is 12.2. The van der Waals surface area contributed by atoms with Gasteiger partial charge >= 0.3 is 6.18 Å². The third-order valence-electron chi connectivity index (χ3n) is 2.59. The molecule has 1 aliphatic heterocycles. The second kappa shape index (κ2) is 5.14. The van der Waals surface area contributed by atoms with E-state index in [-0.39, 0.29) is 12.4 Å². The fraction of sp³-hybridized carbons (Fsp3) is 0.455. The first kappa shape index (κ1) is 14.1. The summed E-state index contributed by atoms with van der Waals surface area (Å²) in [5.41, 5.74) is 6.97. The topological polar surface area (TPSA) is 35.2 Å². The van der Waals surface area contributed by atoms with Crippen molar-refractivity contribution in [2.24, 2.45) is 5.73 Å². The standard InChI is InChI=1S/C11H12F3NO.ClH/c12-11(13,14)6-9(15)7-1-2-10-8(5-7)3-4-16-10;/h1-2,5,9H,3-4,6,15H2;1H/t9-;/m1./s1. The van der Waals surface area contributed by atoms with Gasteiger partial charge in [-0.15, -0.1) is 12.4 Å². The lowest BCUT2D eigenvalue weighted by Crippen LogP contribution is -2.20. The molecule has 0 unspecified atom stereocenters. The van der Waals surface area contributed by atoms with Crippen molar-refractivity contribution in [3.63, 3.8) is 0 Å². The van der Waals surface area contributed by atoms with Gasteiger partial charge in [0.2, 0.25) is 0 Å². The largest absolute Gasteiger partial charge is 0.493 e. The molecule has 0 aromatic heterocycles. The Bertz CT molecular complexity index is 395. The number of alkyl halides is 3. The van der Waals surface area contributed by atoms with Crippen LogP contribution in [0.15, 0.2) is 18.2 Å². The number of halogens is 4. The van der Waals surface area contributed by atoms with Gasteiger partial charge in [0.1, 0.15) is 5.75 Å². The highest BCUT2D eigenvalue weighted by atomic mass is 35.5. The normalized spacial score (nSPS) is 15.8. The maximum atomic E-state index is 12.2. The molecule has 0 fully saturated rings. The van der Waals surface area contributed by atoms with E-state index < -0.39 is 18.6 Å². The number of rotatable bonds is 2. The van der Waals surface area contributed by atoms with Gasteiger partial charge in [-0.1, -0.05) is 12.1 Å². The Kier molecular flexibility index (Phi) is 4.27. The first-order valence-corrected chi connectivity index (χ1v) is 5.04. The van der Waals surface area contributed by atoms with Gasteiger partial charge in [0.25, 0.3) is 0 Å². The van der Waals surface area contributed by atoms with Crippen LogP contribution in [-0.2, 0) is 6.42 Å². The van der Waals surface area contributed by atoms with Crippen molar-refractivity contribution in [1.29, 1.82) is 0 Å². The van der Waals surface area contributed by atoms with E-state index in [1.165, 1.54) is 0 Å². The van der Waals surface area contributed by atoms with Gasteiger partial charge < -0.3 is 10.5 Å². The summed E-state index contributed by atoms with van der Waals surface area (Å²) in [6.07, 6.45) is -4.48. The highest BCUT2D eigenvalue weighted by molar-refractivity contribution is 5.85. The highest BCUT2D eigenvalue weighted by Gasteiger charge is 2.31. The fourth-order valence-corrected chi connectivity index (χ4v) is 1.80. The van der Waals surface area contributed by atoms with E-state index in [1.807, 2.05) is 0 Å². The van der Waals surface area contributed by atoms with E-state index in [4.69, 9.17) is 10.5 Å². The van der Waals surface area contributed by atoms with Crippen LogP contribution in [0.5, 0.6) is 5.75 Å². The maximum Gasteiger partial charge on any atom is 0.390 e. The van der Waals surface area contributed by atoms with Crippen LogP contribution in [0.4, 0.5) is 13.2 Å². The Morgan fingerprint density at radius 3 is 2.71 bits per heavy atom. The van der Waals surface area contributed by atoms with E-state index in [1.54, 1.807) is 18.2 Å². The number of benzene rings is 1. The molecule has 1 atom stereocenters. The molecule has 0 amide bonds. The zero-order valence-electron chi connectivity index (χ0n) is 8.96. The molecule has 0 aliphatic carbocycles. The van der Waals surface area contributed by atoms with Crippen molar-refractivity contribution in [1.82, 2.24) is 0 Å². The molecule has 0 spiro atoms. The van der Waals surface area contributed by atoms with E-state index >= 15 is 0 Å². The predicted octanol–water partition coefficient (Wildman–Crippen LogP) is 3.00. The molecule has 1 aromatic rings. The quantitative estimate of drug-likeness (QED) is 0.894. The zero-order valence-corrected chi connectivity index (χ0v) is 9.77. The first-order valence-electron chi connectivity index (χ1n) is 5.04. The number of nitrogens with two attached hydrogens (primary N) is 1. The lowest BCUT2D eigenvalue weighted by molar-refractivity contribution is -0.138. The van der Waals surface area contributed by atoms with Gasteiger partial charge in [-0.2, -0.15) is 13.2 Å². The zero-order chi connectivity index (χ0) is 11.8. The Hall–Kier alpha value is -0.940. The Morgan fingerprint density at radius 2 is 2.06 bits per heavy atom. The van der Waals surface area contributed by atoms with Crippen LogP contribution in [0.1, 0.15) is 23.6 Å². The van der Waals surface area contributed by atoms with Gasteiger partial charge in [0.05, 0.1) is 13.0 Å². The average molecular weight is 268 g/mol. The molecule has 1 aliphatic rings.